The van der Waals surface area contributed by atoms with Gasteiger partial charge in [-0.1, -0.05) is 12.1 Å². The second kappa shape index (κ2) is 21.7. The number of nitrogens with zero attached hydrogens (tertiary/aromatic N) is 3. The van der Waals surface area contributed by atoms with Gasteiger partial charge in [0.15, 0.2) is 0 Å². The van der Waals surface area contributed by atoms with Crippen LogP contribution in [0.25, 0.3) is 0 Å². The largest absolute Gasteiger partial charge is 0.459 e. The number of esters is 5. The van der Waals surface area contributed by atoms with Crippen LogP contribution in [0.1, 0.15) is 109 Å². The molecule has 1 aromatic carbocycles. The van der Waals surface area contributed by atoms with Crippen molar-refractivity contribution < 1.29 is 47.7 Å². The molecule has 0 radical (unpaired) electrons. The van der Waals surface area contributed by atoms with Gasteiger partial charge in [-0.2, -0.15) is 0 Å². The van der Waals surface area contributed by atoms with Gasteiger partial charge in [-0.25, -0.2) is 0 Å². The maximum absolute atomic E-state index is 13.4. The molecule has 0 aliphatic rings. The third kappa shape index (κ3) is 25.3. The Morgan fingerprint density at radius 1 is 0.518 bits per heavy atom. The summed E-state index contributed by atoms with van der Waals surface area (Å²) in [5.74, 6) is -2.61. The van der Waals surface area contributed by atoms with Crippen molar-refractivity contribution in [2.75, 3.05) is 55.9 Å². The molecular weight excluding hydrogens is 835 g/mol. The number of hydrogen-bond donors (Lipinski definition) is 1. The van der Waals surface area contributed by atoms with Gasteiger partial charge in [-0.3, -0.25) is 38.7 Å². The molecule has 0 aromatic heterocycles. The molecule has 0 aliphatic carbocycles. The van der Waals surface area contributed by atoms with E-state index in [9.17, 15) is 24.0 Å². The number of carbonyl (C=O) groups is 5. The first-order valence-electron chi connectivity index (χ1n) is 19.0. The molecule has 320 valence electrons. The number of anilines is 1. The van der Waals surface area contributed by atoms with E-state index < -0.39 is 63.9 Å². The van der Waals surface area contributed by atoms with Crippen LogP contribution in [-0.2, 0) is 54.1 Å². The van der Waals surface area contributed by atoms with Gasteiger partial charge in [0, 0.05) is 31.4 Å². The topological polar surface area (TPSA) is 153 Å². The van der Waals surface area contributed by atoms with E-state index in [-0.39, 0.29) is 52.4 Å². The third-order valence-electron chi connectivity index (χ3n) is 7.07. The van der Waals surface area contributed by atoms with E-state index in [1.165, 1.54) is 0 Å². The molecule has 0 bridgehead atoms. The molecule has 15 heteroatoms. The number of nitrogens with one attached hydrogen (secondary N) is 1. The highest BCUT2D eigenvalue weighted by Gasteiger charge is 2.32. The van der Waals surface area contributed by atoms with E-state index in [2.05, 4.69) is 26.4 Å². The van der Waals surface area contributed by atoms with E-state index in [1.807, 2.05) is 29.2 Å². The average Bonchev–Trinajstić information content (AvgIpc) is 2.94. The van der Waals surface area contributed by atoms with Gasteiger partial charge >= 0.3 is 29.8 Å². The Balaban J connectivity index is 3.74. The van der Waals surface area contributed by atoms with Crippen LogP contribution in [0, 0.1) is 0 Å². The molecule has 14 nitrogen and oxygen atoms in total. The molecule has 1 aromatic rings. The van der Waals surface area contributed by atoms with Crippen LogP contribution in [0.5, 0.6) is 0 Å². The molecule has 1 N–H and O–H groups in total. The Hall–Kier alpha value is -3.02. The minimum atomic E-state index is -0.777. The van der Waals surface area contributed by atoms with Crippen molar-refractivity contribution >= 4 is 58.4 Å². The molecule has 0 amide bonds. The molecule has 0 saturated heterocycles. The average molecular weight is 905 g/mol. The van der Waals surface area contributed by atoms with Crippen molar-refractivity contribution in [1.29, 1.82) is 0 Å². The van der Waals surface area contributed by atoms with Gasteiger partial charge in [-0.15, -0.1) is 0 Å². The fraction of sp³-hybridized carbons (Fsp3) is 0.732. The highest BCUT2D eigenvalue weighted by molar-refractivity contribution is 14.1. The van der Waals surface area contributed by atoms with Gasteiger partial charge in [0.1, 0.15) is 28.0 Å². The van der Waals surface area contributed by atoms with E-state index in [0.29, 0.717) is 6.42 Å². The number of benzene rings is 1. The minimum absolute atomic E-state index is 0.155. The molecular formula is C41H69IN4O10. The highest BCUT2D eigenvalue weighted by atomic mass is 127. The summed E-state index contributed by atoms with van der Waals surface area (Å²) in [7, 11) is 0. The standard InChI is InChI=1S/C41H69IN4O10/c1-37(2,3)52-32(47)24-44(20-21-45(25-33(48)53-38(4,5)6)26-34(49)54-39(7,8)9)23-31(22-29-16-18-30(43-42)19-17-29)46(27-35(50)55-40(10,11)12)28-36(51)56-41(13,14)15/h16-19,31,43H,20-28H2,1-15H3. The monoisotopic (exact) mass is 904 g/mol. The van der Waals surface area contributed by atoms with E-state index in [1.54, 1.807) is 114 Å². The molecule has 0 fully saturated rings. The van der Waals surface area contributed by atoms with E-state index in [4.69, 9.17) is 23.7 Å². The number of rotatable bonds is 19. The van der Waals surface area contributed by atoms with Gasteiger partial charge in [0.05, 0.1) is 55.6 Å². The van der Waals surface area contributed by atoms with Gasteiger partial charge in [-0.05, 0) is 128 Å². The molecule has 0 aliphatic heterocycles. The zero-order chi connectivity index (χ0) is 43.3. The van der Waals surface area contributed by atoms with Crippen molar-refractivity contribution in [3.05, 3.63) is 29.8 Å². The second-order valence-corrected chi connectivity index (χ2v) is 19.5. The summed E-state index contributed by atoms with van der Waals surface area (Å²) in [6, 6.07) is 7.22. The Morgan fingerprint density at radius 2 is 0.821 bits per heavy atom. The molecule has 0 spiro atoms. The predicted octanol–water partition coefficient (Wildman–Crippen LogP) is 5.97. The summed E-state index contributed by atoms with van der Waals surface area (Å²) in [5, 5.41) is 0. The Labute approximate surface area is 349 Å². The summed E-state index contributed by atoms with van der Waals surface area (Å²) < 4.78 is 31.4. The Bertz CT molecular complexity index is 1370. The molecule has 1 rings (SSSR count). The maximum Gasteiger partial charge on any atom is 0.320 e. The lowest BCUT2D eigenvalue weighted by atomic mass is 10.0. The van der Waals surface area contributed by atoms with Crippen molar-refractivity contribution in [1.82, 2.24) is 14.7 Å². The number of hydrogen-bond acceptors (Lipinski definition) is 14. The molecule has 56 heavy (non-hydrogen) atoms. The first kappa shape index (κ1) is 51.0. The lowest BCUT2D eigenvalue weighted by molar-refractivity contribution is -0.162. The van der Waals surface area contributed by atoms with Crippen molar-refractivity contribution in [2.24, 2.45) is 0 Å². The summed E-state index contributed by atoms with van der Waals surface area (Å²) in [5.41, 5.74) is -2.01. The van der Waals surface area contributed by atoms with Crippen LogP contribution in [0.3, 0.4) is 0 Å². The number of ether oxygens (including phenoxy) is 5. The molecule has 1 atom stereocenters. The summed E-state index contributed by atoms with van der Waals surface area (Å²) >= 11 is 2.05. The lowest BCUT2D eigenvalue weighted by Gasteiger charge is -2.36. The molecule has 1 unspecified atom stereocenters. The van der Waals surface area contributed by atoms with Crippen LogP contribution in [0.15, 0.2) is 24.3 Å². The Kier molecular flexibility index (Phi) is 19.7. The SMILES string of the molecule is CC(C)(C)OC(=O)CN(CCN(CC(=O)OC(C)(C)C)CC(Cc1ccc(NI)cc1)N(CC(=O)OC(C)(C)C)CC(=O)OC(C)(C)C)CC(=O)OC(C)(C)C. The zero-order valence-electron chi connectivity index (χ0n) is 36.6. The maximum atomic E-state index is 13.4. The van der Waals surface area contributed by atoms with Crippen molar-refractivity contribution in [3.63, 3.8) is 0 Å². The van der Waals surface area contributed by atoms with Crippen LogP contribution in [0.2, 0.25) is 0 Å². The van der Waals surface area contributed by atoms with Gasteiger partial charge in [0.2, 0.25) is 0 Å². The summed E-state index contributed by atoms with van der Waals surface area (Å²) in [6.45, 7) is 26.0. The first-order chi connectivity index (χ1) is 25.3. The lowest BCUT2D eigenvalue weighted by Crippen LogP contribution is -2.52. The quantitative estimate of drug-likeness (QED) is 0.0751. The first-order valence-corrected chi connectivity index (χ1v) is 20.1. The minimum Gasteiger partial charge on any atom is -0.459 e. The van der Waals surface area contributed by atoms with Gasteiger partial charge in [0.25, 0.3) is 0 Å². The van der Waals surface area contributed by atoms with Crippen LogP contribution >= 0.6 is 22.9 Å². The molecule has 0 saturated carbocycles. The van der Waals surface area contributed by atoms with Crippen molar-refractivity contribution in [2.45, 2.75) is 144 Å². The second-order valence-electron chi connectivity index (χ2n) is 18.9. The summed E-state index contributed by atoms with van der Waals surface area (Å²) in [6.07, 6.45) is 0.372. The number of halogens is 1. The van der Waals surface area contributed by atoms with Gasteiger partial charge < -0.3 is 27.2 Å². The third-order valence-corrected chi connectivity index (χ3v) is 7.70. The van der Waals surface area contributed by atoms with Crippen molar-refractivity contribution in [3.8, 4) is 0 Å². The number of carbonyl (C=O) groups excluding carboxylic acids is 5. The zero-order valence-corrected chi connectivity index (χ0v) is 38.7. The fourth-order valence-electron chi connectivity index (χ4n) is 5.38. The highest BCUT2D eigenvalue weighted by Crippen LogP contribution is 2.19. The van der Waals surface area contributed by atoms with Crippen LogP contribution in [-0.4, -0.2) is 131 Å². The van der Waals surface area contributed by atoms with E-state index >= 15 is 0 Å². The molecule has 0 heterocycles. The van der Waals surface area contributed by atoms with Crippen LogP contribution < -0.4 is 3.53 Å². The smallest absolute Gasteiger partial charge is 0.320 e. The van der Waals surface area contributed by atoms with Crippen LogP contribution in [0.4, 0.5) is 5.69 Å². The summed E-state index contributed by atoms with van der Waals surface area (Å²) in [4.78, 5) is 71.5. The predicted molar refractivity (Wildman–Crippen MR) is 225 cm³/mol. The normalized spacial score (nSPS) is 13.3. The Morgan fingerprint density at radius 3 is 1.14 bits per heavy atom. The fourth-order valence-corrected chi connectivity index (χ4v) is 5.74. The van der Waals surface area contributed by atoms with E-state index in [0.717, 1.165) is 11.3 Å².